The largest absolute Gasteiger partial charge is 0.454 e. The number of carbonyl (C=O) groups excluding carboxylic acids is 4. The summed E-state index contributed by atoms with van der Waals surface area (Å²) in [6.07, 6.45) is 0.603. The minimum atomic E-state index is -0.980. The average Bonchev–Trinajstić information content (AvgIpc) is 3.03. The number of ether oxygens (including phenoxy) is 1. The highest BCUT2D eigenvalue weighted by atomic mass is 16.6. The normalized spacial score (nSPS) is 12.6. The molecule has 172 valence electrons. The van der Waals surface area contributed by atoms with Crippen LogP contribution in [0.4, 0.5) is 5.69 Å². The summed E-state index contributed by atoms with van der Waals surface area (Å²) in [4.78, 5) is 59.8. The van der Waals surface area contributed by atoms with Crippen molar-refractivity contribution in [1.29, 1.82) is 0 Å². The monoisotopic (exact) mass is 453 g/mol. The lowest BCUT2D eigenvalue weighted by molar-refractivity contribution is -0.385. The van der Waals surface area contributed by atoms with E-state index in [9.17, 15) is 29.3 Å². The molecule has 1 N–H and O–H groups in total. The molecule has 3 amide bonds. The molecule has 1 aliphatic rings. The van der Waals surface area contributed by atoms with Crippen LogP contribution in [-0.4, -0.2) is 53.2 Å². The summed E-state index contributed by atoms with van der Waals surface area (Å²) >= 11 is 0. The first-order chi connectivity index (χ1) is 15.7. The van der Waals surface area contributed by atoms with Crippen LogP contribution in [0.25, 0.3) is 0 Å². The zero-order valence-corrected chi connectivity index (χ0v) is 18.2. The lowest BCUT2D eigenvalue weighted by Gasteiger charge is -2.13. The van der Waals surface area contributed by atoms with Crippen molar-refractivity contribution in [1.82, 2.24) is 10.2 Å². The molecule has 3 rings (SSSR count). The molecular weight excluding hydrogens is 430 g/mol. The number of hydrogen-bond acceptors (Lipinski definition) is 7. The fraction of sp³-hybridized carbons (Fsp3) is 0.304. The van der Waals surface area contributed by atoms with Crippen LogP contribution in [0.2, 0.25) is 0 Å². The Balaban J connectivity index is 1.46. The lowest BCUT2D eigenvalue weighted by Crippen LogP contribution is -2.37. The second-order valence-electron chi connectivity index (χ2n) is 7.81. The average molecular weight is 453 g/mol. The van der Waals surface area contributed by atoms with Crippen LogP contribution in [-0.2, 0) is 20.7 Å². The minimum Gasteiger partial charge on any atom is -0.454 e. The smallest absolute Gasteiger partial charge is 0.326 e. The summed E-state index contributed by atoms with van der Waals surface area (Å²) in [6, 6.07) is 11.7. The summed E-state index contributed by atoms with van der Waals surface area (Å²) in [5, 5.41) is 13.8. The van der Waals surface area contributed by atoms with Crippen LogP contribution in [0.15, 0.2) is 42.5 Å². The van der Waals surface area contributed by atoms with Crippen molar-refractivity contribution in [2.75, 3.05) is 19.7 Å². The number of amides is 3. The molecule has 2 aromatic rings. The Morgan fingerprint density at radius 3 is 2.42 bits per heavy atom. The van der Waals surface area contributed by atoms with Crippen LogP contribution < -0.4 is 5.32 Å². The first kappa shape index (κ1) is 23.6. The maximum Gasteiger partial charge on any atom is 0.326 e. The molecule has 0 atom stereocenters. The summed E-state index contributed by atoms with van der Waals surface area (Å²) in [5.74, 6) is -2.86. The summed E-state index contributed by atoms with van der Waals surface area (Å²) in [7, 11) is 0. The van der Waals surface area contributed by atoms with Crippen molar-refractivity contribution in [3.8, 4) is 0 Å². The highest BCUT2D eigenvalue weighted by molar-refractivity contribution is 6.24. The Morgan fingerprint density at radius 2 is 1.79 bits per heavy atom. The third-order valence-electron chi connectivity index (χ3n) is 5.21. The number of nitrogens with one attached hydrogen (secondary N) is 1. The molecule has 0 saturated heterocycles. The Labute approximate surface area is 189 Å². The van der Waals surface area contributed by atoms with Gasteiger partial charge in [0.25, 0.3) is 23.4 Å². The minimum absolute atomic E-state index is 0.152. The first-order valence-corrected chi connectivity index (χ1v) is 10.3. The van der Waals surface area contributed by atoms with Crippen LogP contribution >= 0.6 is 0 Å². The summed E-state index contributed by atoms with van der Waals surface area (Å²) < 4.78 is 4.85. The molecule has 1 heterocycles. The Bertz CT molecular complexity index is 1110. The molecule has 1 aliphatic heterocycles. The van der Waals surface area contributed by atoms with Gasteiger partial charge in [-0.25, -0.2) is 0 Å². The fourth-order valence-electron chi connectivity index (χ4n) is 3.40. The third kappa shape index (κ3) is 5.40. The van der Waals surface area contributed by atoms with Gasteiger partial charge in [-0.15, -0.1) is 0 Å². The van der Waals surface area contributed by atoms with Crippen LogP contribution in [0, 0.1) is 10.1 Å². The zero-order chi connectivity index (χ0) is 24.1. The molecule has 0 saturated carbocycles. The van der Waals surface area contributed by atoms with E-state index < -0.39 is 47.5 Å². The molecule has 10 heteroatoms. The predicted molar refractivity (Wildman–Crippen MR) is 117 cm³/mol. The maximum absolute atomic E-state index is 12.5. The fourth-order valence-corrected chi connectivity index (χ4v) is 3.40. The number of nitro benzene ring substituents is 1. The van der Waals surface area contributed by atoms with E-state index in [0.717, 1.165) is 11.6 Å². The van der Waals surface area contributed by atoms with Gasteiger partial charge >= 0.3 is 5.97 Å². The van der Waals surface area contributed by atoms with Gasteiger partial charge in [0.05, 0.1) is 10.5 Å². The van der Waals surface area contributed by atoms with Gasteiger partial charge in [-0.1, -0.05) is 44.2 Å². The van der Waals surface area contributed by atoms with Gasteiger partial charge in [0.2, 0.25) is 0 Å². The quantitative estimate of drug-likeness (QED) is 0.266. The van der Waals surface area contributed by atoms with Crippen LogP contribution in [0.3, 0.4) is 0 Å². The molecule has 0 spiro atoms. The number of imide groups is 1. The van der Waals surface area contributed by atoms with E-state index in [1.165, 1.54) is 17.7 Å². The van der Waals surface area contributed by atoms with Gasteiger partial charge in [0.15, 0.2) is 6.61 Å². The van der Waals surface area contributed by atoms with Crippen molar-refractivity contribution in [3.05, 3.63) is 74.8 Å². The Hall–Kier alpha value is -4.08. The predicted octanol–water partition coefficient (Wildman–Crippen LogP) is 2.22. The molecule has 10 nitrogen and oxygen atoms in total. The molecule has 0 aliphatic carbocycles. The molecule has 0 radical (unpaired) electrons. The summed E-state index contributed by atoms with van der Waals surface area (Å²) in [5.41, 5.74) is 1.25. The van der Waals surface area contributed by atoms with Crippen molar-refractivity contribution in [2.45, 2.75) is 26.2 Å². The number of esters is 1. The van der Waals surface area contributed by atoms with E-state index >= 15 is 0 Å². The van der Waals surface area contributed by atoms with Gasteiger partial charge in [0, 0.05) is 12.6 Å². The van der Waals surface area contributed by atoms with Crippen molar-refractivity contribution < 1.29 is 28.8 Å². The highest BCUT2D eigenvalue weighted by Crippen LogP contribution is 2.30. The van der Waals surface area contributed by atoms with E-state index in [2.05, 4.69) is 19.2 Å². The van der Waals surface area contributed by atoms with E-state index in [4.69, 9.17) is 4.74 Å². The molecular formula is C23H23N3O7. The standard InChI is InChI=1S/C23H23N3O7/c1-14(2)16-8-6-15(7-9-16)10-11-24-19(27)13-33-20(28)12-25-22(29)17-4-3-5-18(26(31)32)21(17)23(25)30/h3-9,14H,10-13H2,1-2H3,(H,24,27). The highest BCUT2D eigenvalue weighted by Gasteiger charge is 2.41. The van der Waals surface area contributed by atoms with Crippen LogP contribution in [0.5, 0.6) is 0 Å². The van der Waals surface area contributed by atoms with Crippen LogP contribution in [0.1, 0.15) is 51.6 Å². The van der Waals surface area contributed by atoms with E-state index in [0.29, 0.717) is 23.8 Å². The number of nitro groups is 1. The molecule has 0 aromatic heterocycles. The number of rotatable bonds is 9. The Morgan fingerprint density at radius 1 is 1.09 bits per heavy atom. The van der Waals surface area contributed by atoms with Gasteiger partial charge in [-0.2, -0.15) is 0 Å². The van der Waals surface area contributed by atoms with Gasteiger partial charge in [0.1, 0.15) is 12.1 Å². The topological polar surface area (TPSA) is 136 Å². The molecule has 33 heavy (non-hydrogen) atoms. The maximum atomic E-state index is 12.5. The van der Waals surface area contributed by atoms with Crippen molar-refractivity contribution >= 4 is 29.4 Å². The second kappa shape index (κ2) is 10.0. The first-order valence-electron chi connectivity index (χ1n) is 10.3. The van der Waals surface area contributed by atoms with Gasteiger partial charge < -0.3 is 10.1 Å². The van der Waals surface area contributed by atoms with Gasteiger partial charge in [-0.3, -0.25) is 34.2 Å². The summed E-state index contributed by atoms with van der Waals surface area (Å²) in [6.45, 7) is 3.23. The van der Waals surface area contributed by atoms with Crippen molar-refractivity contribution in [2.24, 2.45) is 0 Å². The number of hydrogen-bond donors (Lipinski definition) is 1. The third-order valence-corrected chi connectivity index (χ3v) is 5.21. The number of nitrogens with zero attached hydrogens (tertiary/aromatic N) is 2. The Kier molecular flexibility index (Phi) is 7.17. The number of fused-ring (bicyclic) bond motifs is 1. The van der Waals surface area contributed by atoms with Gasteiger partial charge in [-0.05, 0) is 29.5 Å². The number of benzene rings is 2. The van der Waals surface area contributed by atoms with E-state index in [1.807, 2.05) is 24.3 Å². The lowest BCUT2D eigenvalue weighted by atomic mass is 10.0. The molecule has 0 fully saturated rings. The number of carbonyl (C=O) groups is 4. The second-order valence-corrected chi connectivity index (χ2v) is 7.81. The molecule has 0 bridgehead atoms. The molecule has 2 aromatic carbocycles. The zero-order valence-electron chi connectivity index (χ0n) is 18.2. The SMILES string of the molecule is CC(C)c1ccc(CCNC(=O)COC(=O)CN2C(=O)c3cccc([N+](=O)[O-])c3C2=O)cc1. The molecule has 0 unspecified atom stereocenters. The van der Waals surface area contributed by atoms with E-state index in [-0.39, 0.29) is 11.1 Å². The van der Waals surface area contributed by atoms with Crippen molar-refractivity contribution in [3.63, 3.8) is 0 Å². The van der Waals surface area contributed by atoms with E-state index in [1.54, 1.807) is 0 Å².